The standard InChI is InChI=1S/C26H26ClFN2O4S/c27-17-5-3-15-12-23(35-22(15)13-17)25(32)26(33)29-20(14-30-9-1-2-10-30)24(31)16-4-8-21(19(28)11-16)34-18-6-7-18/h3-5,8,11-13,18,20,24,31H,1-2,6-7,9-10,14H2,(H,29,33). The van der Waals surface area contributed by atoms with Crippen molar-refractivity contribution in [1.82, 2.24) is 10.2 Å². The maximum atomic E-state index is 14.6. The number of ether oxygens (including phenoxy) is 1. The second-order valence-corrected chi connectivity index (χ2v) is 10.7. The van der Waals surface area contributed by atoms with Crippen molar-refractivity contribution < 1.29 is 23.8 Å². The minimum atomic E-state index is -1.20. The number of hydrogen-bond acceptors (Lipinski definition) is 6. The molecule has 1 aliphatic carbocycles. The molecule has 2 unspecified atom stereocenters. The minimum absolute atomic E-state index is 0.0541. The summed E-state index contributed by atoms with van der Waals surface area (Å²) < 4.78 is 21.0. The first-order valence-electron chi connectivity index (χ1n) is 11.8. The van der Waals surface area contributed by atoms with Crippen LogP contribution in [0.1, 0.15) is 47.0 Å². The van der Waals surface area contributed by atoms with Crippen LogP contribution in [0, 0.1) is 5.82 Å². The molecule has 0 radical (unpaired) electrons. The summed E-state index contributed by atoms with van der Waals surface area (Å²) in [7, 11) is 0. The van der Waals surface area contributed by atoms with Gasteiger partial charge in [0.15, 0.2) is 11.6 Å². The number of amides is 1. The van der Waals surface area contributed by atoms with E-state index in [0.29, 0.717) is 22.0 Å². The van der Waals surface area contributed by atoms with Gasteiger partial charge in [0.05, 0.1) is 17.0 Å². The predicted molar refractivity (Wildman–Crippen MR) is 134 cm³/mol. The first-order valence-corrected chi connectivity index (χ1v) is 13.0. The van der Waals surface area contributed by atoms with E-state index in [4.69, 9.17) is 16.3 Å². The lowest BCUT2D eigenvalue weighted by molar-refractivity contribution is -0.118. The average Bonchev–Trinajstić information content (AvgIpc) is 3.32. The summed E-state index contributed by atoms with van der Waals surface area (Å²) in [5.41, 5.74) is 0.319. The van der Waals surface area contributed by atoms with Gasteiger partial charge >= 0.3 is 0 Å². The van der Waals surface area contributed by atoms with Crippen molar-refractivity contribution in [2.24, 2.45) is 0 Å². The van der Waals surface area contributed by atoms with E-state index in [9.17, 15) is 19.1 Å². The van der Waals surface area contributed by atoms with Gasteiger partial charge in [-0.3, -0.25) is 9.59 Å². The number of rotatable bonds is 9. The quantitative estimate of drug-likeness (QED) is 0.317. The summed E-state index contributed by atoms with van der Waals surface area (Å²) in [6.07, 6.45) is 2.74. The van der Waals surface area contributed by atoms with E-state index in [-0.39, 0.29) is 11.9 Å². The monoisotopic (exact) mass is 516 g/mol. The number of thiophene rings is 1. The van der Waals surface area contributed by atoms with Gasteiger partial charge < -0.3 is 20.1 Å². The molecule has 1 aromatic heterocycles. The van der Waals surface area contributed by atoms with Crippen molar-refractivity contribution in [2.75, 3.05) is 19.6 Å². The van der Waals surface area contributed by atoms with Gasteiger partial charge in [0.1, 0.15) is 6.10 Å². The van der Waals surface area contributed by atoms with Crippen LogP contribution in [0.2, 0.25) is 5.02 Å². The molecule has 2 aliphatic rings. The Kier molecular flexibility index (Phi) is 7.07. The SMILES string of the molecule is O=C(NC(CN1CCCC1)C(O)c1ccc(OC2CC2)c(F)c1)C(=O)c1cc2ccc(Cl)cc2s1. The maximum absolute atomic E-state index is 14.6. The molecule has 1 aliphatic heterocycles. The molecule has 184 valence electrons. The molecular formula is C26H26ClFN2O4S. The number of aliphatic hydroxyl groups excluding tert-OH is 1. The fourth-order valence-electron chi connectivity index (χ4n) is 4.32. The van der Waals surface area contributed by atoms with Crippen LogP contribution < -0.4 is 10.1 Å². The highest BCUT2D eigenvalue weighted by molar-refractivity contribution is 7.21. The zero-order valence-corrected chi connectivity index (χ0v) is 20.6. The number of fused-ring (bicyclic) bond motifs is 1. The summed E-state index contributed by atoms with van der Waals surface area (Å²) in [6, 6.07) is 10.5. The Bertz CT molecular complexity index is 1260. The van der Waals surface area contributed by atoms with E-state index in [1.54, 1.807) is 30.3 Å². The molecule has 2 N–H and O–H groups in total. The Balaban J connectivity index is 1.34. The van der Waals surface area contributed by atoms with Gasteiger partial charge in [-0.05, 0) is 80.1 Å². The van der Waals surface area contributed by atoms with Gasteiger partial charge in [0, 0.05) is 16.3 Å². The fraction of sp³-hybridized carbons (Fsp3) is 0.385. The Labute approximate surface area is 211 Å². The Hall–Kier alpha value is -2.52. The third-order valence-electron chi connectivity index (χ3n) is 6.38. The van der Waals surface area contributed by atoms with Crippen LogP contribution in [0.5, 0.6) is 5.75 Å². The van der Waals surface area contributed by atoms with Gasteiger partial charge in [-0.25, -0.2) is 4.39 Å². The zero-order valence-electron chi connectivity index (χ0n) is 19.0. The van der Waals surface area contributed by atoms with Crippen LogP contribution in [-0.4, -0.2) is 53.5 Å². The number of carbonyl (C=O) groups excluding carboxylic acids is 2. The number of halogens is 2. The lowest BCUT2D eigenvalue weighted by Gasteiger charge is -2.28. The molecule has 1 saturated carbocycles. The molecule has 35 heavy (non-hydrogen) atoms. The molecular weight excluding hydrogens is 491 g/mol. The number of ketones is 1. The summed E-state index contributed by atoms with van der Waals surface area (Å²) >= 11 is 7.23. The third-order valence-corrected chi connectivity index (χ3v) is 7.71. The summed E-state index contributed by atoms with van der Waals surface area (Å²) in [5.74, 6) is -1.89. The normalized spacial score (nSPS) is 17.9. The molecule has 2 fully saturated rings. The summed E-state index contributed by atoms with van der Waals surface area (Å²) in [6.45, 7) is 2.03. The predicted octanol–water partition coefficient (Wildman–Crippen LogP) is 4.73. The number of aliphatic hydroxyl groups is 1. The molecule has 5 rings (SSSR count). The second-order valence-electron chi connectivity index (χ2n) is 9.16. The van der Waals surface area contributed by atoms with Crippen molar-refractivity contribution >= 4 is 44.7 Å². The average molecular weight is 517 g/mol. The van der Waals surface area contributed by atoms with Crippen LogP contribution in [-0.2, 0) is 4.79 Å². The van der Waals surface area contributed by atoms with Crippen LogP contribution in [0.4, 0.5) is 4.39 Å². The highest BCUT2D eigenvalue weighted by Gasteiger charge is 2.31. The summed E-state index contributed by atoms with van der Waals surface area (Å²) in [4.78, 5) is 28.3. The van der Waals surface area contributed by atoms with Gasteiger partial charge in [-0.2, -0.15) is 0 Å². The lowest BCUT2D eigenvalue weighted by Crippen LogP contribution is -2.48. The molecule has 0 spiro atoms. The zero-order chi connectivity index (χ0) is 24.5. The van der Waals surface area contributed by atoms with E-state index in [0.717, 1.165) is 48.9 Å². The fourth-order valence-corrected chi connectivity index (χ4v) is 5.60. The first-order chi connectivity index (χ1) is 16.9. The van der Waals surface area contributed by atoms with Gasteiger partial charge in [-0.1, -0.05) is 23.7 Å². The highest BCUT2D eigenvalue weighted by atomic mass is 35.5. The van der Waals surface area contributed by atoms with Crippen molar-refractivity contribution in [3.63, 3.8) is 0 Å². The Morgan fingerprint density at radius 1 is 1.17 bits per heavy atom. The van der Waals surface area contributed by atoms with Crippen LogP contribution in [0.3, 0.4) is 0 Å². The molecule has 9 heteroatoms. The number of nitrogens with one attached hydrogen (secondary N) is 1. The van der Waals surface area contributed by atoms with Crippen LogP contribution in [0.25, 0.3) is 10.1 Å². The number of nitrogens with zero attached hydrogens (tertiary/aromatic N) is 1. The number of benzene rings is 2. The van der Waals surface area contributed by atoms with Crippen molar-refractivity contribution in [3.8, 4) is 5.75 Å². The largest absolute Gasteiger partial charge is 0.487 e. The summed E-state index contributed by atoms with van der Waals surface area (Å²) in [5, 5.41) is 15.2. The first kappa shape index (κ1) is 24.2. The maximum Gasteiger partial charge on any atom is 0.293 e. The smallest absolute Gasteiger partial charge is 0.293 e. The van der Waals surface area contributed by atoms with Gasteiger partial charge in [0.2, 0.25) is 0 Å². The third kappa shape index (κ3) is 5.67. The van der Waals surface area contributed by atoms with E-state index in [2.05, 4.69) is 10.2 Å². The van der Waals surface area contributed by atoms with Crippen molar-refractivity contribution in [1.29, 1.82) is 0 Å². The van der Waals surface area contributed by atoms with Crippen LogP contribution >= 0.6 is 22.9 Å². The molecule has 2 heterocycles. The van der Waals surface area contributed by atoms with Gasteiger partial charge in [-0.15, -0.1) is 11.3 Å². The van der Waals surface area contributed by atoms with E-state index >= 15 is 0 Å². The Morgan fingerprint density at radius 2 is 1.94 bits per heavy atom. The van der Waals surface area contributed by atoms with Gasteiger partial charge in [0.25, 0.3) is 11.7 Å². The van der Waals surface area contributed by atoms with E-state index in [1.165, 1.54) is 23.5 Å². The van der Waals surface area contributed by atoms with Crippen molar-refractivity contribution in [3.05, 3.63) is 63.7 Å². The van der Waals surface area contributed by atoms with E-state index < -0.39 is 29.7 Å². The lowest BCUT2D eigenvalue weighted by atomic mass is 10.0. The van der Waals surface area contributed by atoms with E-state index in [1.807, 2.05) is 0 Å². The molecule has 6 nitrogen and oxygen atoms in total. The second kappa shape index (κ2) is 10.2. The number of hydrogen-bond donors (Lipinski definition) is 2. The highest BCUT2D eigenvalue weighted by Crippen LogP contribution is 2.31. The van der Waals surface area contributed by atoms with Crippen LogP contribution in [0.15, 0.2) is 42.5 Å². The topological polar surface area (TPSA) is 78.9 Å². The molecule has 1 amide bonds. The molecule has 2 atom stereocenters. The molecule has 1 saturated heterocycles. The number of likely N-dealkylation sites (tertiary alicyclic amines) is 1. The molecule has 2 aromatic carbocycles. The van der Waals surface area contributed by atoms with Crippen molar-refractivity contribution in [2.45, 2.75) is 43.9 Å². The minimum Gasteiger partial charge on any atom is -0.487 e. The number of carbonyl (C=O) groups is 2. The molecule has 0 bridgehead atoms. The Morgan fingerprint density at radius 3 is 2.66 bits per heavy atom. The molecule has 3 aromatic rings. The number of Topliss-reactive ketones (excluding diaryl/α,β-unsaturated/α-hetero) is 1.